The molecule has 0 heterocycles. The van der Waals surface area contributed by atoms with Crippen LogP contribution in [-0.4, -0.2) is 37.0 Å². The number of carbonyl (C=O) groups excluding carboxylic acids is 3. The van der Waals surface area contributed by atoms with Crippen molar-refractivity contribution in [1.29, 1.82) is 0 Å². The van der Waals surface area contributed by atoms with Crippen LogP contribution >= 0.6 is 0 Å². The second-order valence-electron chi connectivity index (χ2n) is 5.39. The SMILES string of the molecule is Cc1ccc(C)c(C(=O)OCC(=O)NCC(=O)NC(C)C)c1. The molecule has 0 saturated heterocycles. The predicted molar refractivity (Wildman–Crippen MR) is 82.5 cm³/mol. The Bertz CT molecular complexity index is 567. The van der Waals surface area contributed by atoms with Crippen LogP contribution in [0.15, 0.2) is 18.2 Å². The molecule has 0 aromatic heterocycles. The summed E-state index contributed by atoms with van der Waals surface area (Å²) < 4.78 is 4.96. The first-order valence-corrected chi connectivity index (χ1v) is 7.10. The first-order chi connectivity index (χ1) is 10.3. The fourth-order valence-corrected chi connectivity index (χ4v) is 1.77. The topological polar surface area (TPSA) is 84.5 Å². The highest BCUT2D eigenvalue weighted by atomic mass is 16.5. The van der Waals surface area contributed by atoms with Gasteiger partial charge in [-0.2, -0.15) is 0 Å². The Balaban J connectivity index is 2.42. The maximum absolute atomic E-state index is 11.9. The molecular weight excluding hydrogens is 284 g/mol. The van der Waals surface area contributed by atoms with Gasteiger partial charge in [0.2, 0.25) is 5.91 Å². The van der Waals surface area contributed by atoms with Crippen molar-refractivity contribution < 1.29 is 19.1 Å². The minimum atomic E-state index is -0.553. The number of ether oxygens (including phenoxy) is 1. The summed E-state index contributed by atoms with van der Waals surface area (Å²) in [7, 11) is 0. The fourth-order valence-electron chi connectivity index (χ4n) is 1.77. The average molecular weight is 306 g/mol. The van der Waals surface area contributed by atoms with E-state index in [1.165, 1.54) is 0 Å². The lowest BCUT2D eigenvalue weighted by atomic mass is 10.1. The van der Waals surface area contributed by atoms with Gasteiger partial charge in [-0.25, -0.2) is 4.79 Å². The highest BCUT2D eigenvalue weighted by Gasteiger charge is 2.13. The summed E-state index contributed by atoms with van der Waals surface area (Å²) >= 11 is 0. The predicted octanol–water partition coefficient (Wildman–Crippen LogP) is 1.10. The van der Waals surface area contributed by atoms with Crippen molar-refractivity contribution in [3.05, 3.63) is 34.9 Å². The van der Waals surface area contributed by atoms with Crippen molar-refractivity contribution in [2.24, 2.45) is 0 Å². The van der Waals surface area contributed by atoms with Crippen LogP contribution in [-0.2, 0) is 14.3 Å². The lowest BCUT2D eigenvalue weighted by Gasteiger charge is -2.10. The molecule has 120 valence electrons. The number of rotatable bonds is 6. The second kappa shape index (κ2) is 8.17. The van der Waals surface area contributed by atoms with E-state index in [4.69, 9.17) is 4.74 Å². The van der Waals surface area contributed by atoms with Crippen molar-refractivity contribution in [3.8, 4) is 0 Å². The molecule has 2 N–H and O–H groups in total. The third kappa shape index (κ3) is 5.95. The Kier molecular flexibility index (Phi) is 6.56. The highest BCUT2D eigenvalue weighted by molar-refractivity contribution is 5.93. The Morgan fingerprint density at radius 1 is 1.14 bits per heavy atom. The summed E-state index contributed by atoms with van der Waals surface area (Å²) in [5.74, 6) is -1.36. The van der Waals surface area contributed by atoms with Gasteiger partial charge in [0.05, 0.1) is 12.1 Å². The van der Waals surface area contributed by atoms with Crippen LogP contribution in [0.2, 0.25) is 0 Å². The standard InChI is InChI=1S/C16H22N2O4/c1-10(2)18-14(19)8-17-15(20)9-22-16(21)13-7-11(3)5-6-12(13)4/h5-7,10H,8-9H2,1-4H3,(H,17,20)(H,18,19). The van der Waals surface area contributed by atoms with E-state index in [1.807, 2.05) is 32.9 Å². The summed E-state index contributed by atoms with van der Waals surface area (Å²) in [6.45, 7) is 6.76. The van der Waals surface area contributed by atoms with Gasteiger partial charge >= 0.3 is 5.97 Å². The van der Waals surface area contributed by atoms with Gasteiger partial charge in [0, 0.05) is 6.04 Å². The normalized spacial score (nSPS) is 10.2. The van der Waals surface area contributed by atoms with Crippen molar-refractivity contribution in [3.63, 3.8) is 0 Å². The summed E-state index contributed by atoms with van der Waals surface area (Å²) in [5, 5.41) is 5.03. The molecule has 6 nitrogen and oxygen atoms in total. The Morgan fingerprint density at radius 2 is 1.82 bits per heavy atom. The summed E-state index contributed by atoms with van der Waals surface area (Å²) in [6, 6.07) is 5.44. The molecule has 0 fully saturated rings. The molecule has 1 aromatic rings. The van der Waals surface area contributed by atoms with E-state index in [1.54, 1.807) is 13.0 Å². The number of nitrogens with one attached hydrogen (secondary N) is 2. The molecular formula is C16H22N2O4. The second-order valence-corrected chi connectivity index (χ2v) is 5.39. The molecule has 22 heavy (non-hydrogen) atoms. The molecule has 0 aliphatic rings. The number of hydrogen-bond acceptors (Lipinski definition) is 4. The van der Waals surface area contributed by atoms with Gasteiger partial charge in [-0.3, -0.25) is 9.59 Å². The third-order valence-electron chi connectivity index (χ3n) is 2.84. The van der Waals surface area contributed by atoms with Crippen LogP contribution in [0.25, 0.3) is 0 Å². The van der Waals surface area contributed by atoms with E-state index in [9.17, 15) is 14.4 Å². The molecule has 0 bridgehead atoms. The largest absolute Gasteiger partial charge is 0.452 e. The lowest BCUT2D eigenvalue weighted by molar-refractivity contribution is -0.128. The molecule has 0 unspecified atom stereocenters. The summed E-state index contributed by atoms with van der Waals surface area (Å²) in [6.07, 6.45) is 0. The van der Waals surface area contributed by atoms with Crippen LogP contribution in [0.3, 0.4) is 0 Å². The Morgan fingerprint density at radius 3 is 2.45 bits per heavy atom. The van der Waals surface area contributed by atoms with Crippen molar-refractivity contribution in [2.45, 2.75) is 33.7 Å². The van der Waals surface area contributed by atoms with Crippen LogP contribution in [0.5, 0.6) is 0 Å². The Hall–Kier alpha value is -2.37. The molecule has 1 aromatic carbocycles. The van der Waals surface area contributed by atoms with Crippen molar-refractivity contribution >= 4 is 17.8 Å². The molecule has 0 aliphatic carbocycles. The van der Waals surface area contributed by atoms with E-state index in [-0.39, 0.29) is 18.5 Å². The molecule has 0 aliphatic heterocycles. The minimum Gasteiger partial charge on any atom is -0.452 e. The fraction of sp³-hybridized carbons (Fsp3) is 0.438. The number of benzene rings is 1. The molecule has 1 rings (SSSR count). The van der Waals surface area contributed by atoms with Gasteiger partial charge in [0.15, 0.2) is 6.61 Å². The van der Waals surface area contributed by atoms with E-state index in [0.717, 1.165) is 11.1 Å². The summed E-state index contributed by atoms with van der Waals surface area (Å²) in [4.78, 5) is 34.8. The van der Waals surface area contributed by atoms with Gasteiger partial charge < -0.3 is 15.4 Å². The average Bonchev–Trinajstić information content (AvgIpc) is 2.44. The zero-order valence-corrected chi connectivity index (χ0v) is 13.4. The first-order valence-electron chi connectivity index (χ1n) is 7.10. The molecule has 2 amide bonds. The first kappa shape index (κ1) is 17.7. The summed E-state index contributed by atoms with van der Waals surface area (Å²) in [5.41, 5.74) is 2.16. The number of hydrogen-bond donors (Lipinski definition) is 2. The van der Waals surface area contributed by atoms with E-state index in [0.29, 0.717) is 5.56 Å². The van der Waals surface area contributed by atoms with Crippen molar-refractivity contribution in [2.75, 3.05) is 13.2 Å². The number of aryl methyl sites for hydroxylation is 2. The van der Waals surface area contributed by atoms with E-state index in [2.05, 4.69) is 10.6 Å². The van der Waals surface area contributed by atoms with Crippen LogP contribution in [0.1, 0.15) is 35.3 Å². The van der Waals surface area contributed by atoms with E-state index < -0.39 is 18.5 Å². The van der Waals surface area contributed by atoms with Gasteiger partial charge in [0.25, 0.3) is 5.91 Å². The van der Waals surface area contributed by atoms with Crippen LogP contribution in [0.4, 0.5) is 0 Å². The zero-order chi connectivity index (χ0) is 16.7. The molecule has 6 heteroatoms. The van der Waals surface area contributed by atoms with Gasteiger partial charge in [-0.05, 0) is 39.3 Å². The zero-order valence-electron chi connectivity index (χ0n) is 13.4. The van der Waals surface area contributed by atoms with Crippen molar-refractivity contribution in [1.82, 2.24) is 10.6 Å². The monoisotopic (exact) mass is 306 g/mol. The van der Waals surface area contributed by atoms with E-state index >= 15 is 0 Å². The number of esters is 1. The Labute approximate surface area is 130 Å². The van der Waals surface area contributed by atoms with Gasteiger partial charge in [-0.15, -0.1) is 0 Å². The minimum absolute atomic E-state index is 0.00604. The number of amides is 2. The molecule has 0 spiro atoms. The van der Waals surface area contributed by atoms with Crippen LogP contribution in [0, 0.1) is 13.8 Å². The maximum atomic E-state index is 11.9. The molecule has 0 atom stereocenters. The highest BCUT2D eigenvalue weighted by Crippen LogP contribution is 2.11. The quantitative estimate of drug-likeness (QED) is 0.771. The maximum Gasteiger partial charge on any atom is 0.338 e. The van der Waals surface area contributed by atoms with Gasteiger partial charge in [-0.1, -0.05) is 17.7 Å². The molecule has 0 radical (unpaired) electrons. The lowest BCUT2D eigenvalue weighted by Crippen LogP contribution is -2.41. The smallest absolute Gasteiger partial charge is 0.338 e. The number of carbonyl (C=O) groups is 3. The van der Waals surface area contributed by atoms with Gasteiger partial charge in [0.1, 0.15) is 0 Å². The third-order valence-corrected chi connectivity index (χ3v) is 2.84. The molecule has 0 saturated carbocycles. The van der Waals surface area contributed by atoms with Crippen LogP contribution < -0.4 is 10.6 Å².